The van der Waals surface area contributed by atoms with E-state index in [2.05, 4.69) is 24.1 Å². The molecule has 1 amide bonds. The molecule has 5 nitrogen and oxygen atoms in total. The van der Waals surface area contributed by atoms with Crippen LogP contribution >= 0.6 is 0 Å². The van der Waals surface area contributed by atoms with Crippen molar-refractivity contribution in [2.75, 3.05) is 20.1 Å². The average molecular weight is 294 g/mol. The van der Waals surface area contributed by atoms with Gasteiger partial charge in [-0.15, -0.1) is 0 Å². The maximum Gasteiger partial charge on any atom is 0.307 e. The third-order valence-electron chi connectivity index (χ3n) is 5.15. The fraction of sp³-hybridized carbons (Fsp3) is 0.750. The van der Waals surface area contributed by atoms with Gasteiger partial charge in [-0.2, -0.15) is 0 Å². The standard InChI is InChI=1S/C16H26N2O3/c1-4-10(2)18(3)8-7-17-15(19)13-11-5-6-12(9-11)14(13)16(20)21/h5-6,10-14H,4,7-9H2,1-3H3,(H,17,19)(H,20,21). The zero-order valence-corrected chi connectivity index (χ0v) is 13.1. The average Bonchev–Trinajstić information content (AvgIpc) is 3.06. The molecule has 5 atom stereocenters. The zero-order valence-electron chi connectivity index (χ0n) is 13.1. The van der Waals surface area contributed by atoms with E-state index in [4.69, 9.17) is 0 Å². The summed E-state index contributed by atoms with van der Waals surface area (Å²) in [7, 11) is 2.04. The van der Waals surface area contributed by atoms with E-state index in [1.165, 1.54) is 0 Å². The molecule has 1 fully saturated rings. The molecule has 2 aliphatic carbocycles. The molecule has 5 unspecified atom stereocenters. The van der Waals surface area contributed by atoms with Gasteiger partial charge >= 0.3 is 5.97 Å². The molecule has 0 saturated heterocycles. The number of rotatable bonds is 7. The highest BCUT2D eigenvalue weighted by Crippen LogP contribution is 2.48. The number of aliphatic carboxylic acids is 1. The van der Waals surface area contributed by atoms with Gasteiger partial charge in [-0.05, 0) is 38.6 Å². The Morgan fingerprint density at radius 3 is 2.52 bits per heavy atom. The maximum absolute atomic E-state index is 12.3. The van der Waals surface area contributed by atoms with E-state index < -0.39 is 17.8 Å². The number of carboxylic acid groups (broad SMARTS) is 1. The van der Waals surface area contributed by atoms with Crippen LogP contribution in [0.25, 0.3) is 0 Å². The smallest absolute Gasteiger partial charge is 0.307 e. The van der Waals surface area contributed by atoms with Gasteiger partial charge in [0.2, 0.25) is 5.91 Å². The highest BCUT2D eigenvalue weighted by atomic mass is 16.4. The molecule has 0 aromatic rings. The lowest BCUT2D eigenvalue weighted by Crippen LogP contribution is -2.43. The van der Waals surface area contributed by atoms with E-state index in [1.807, 2.05) is 19.2 Å². The molecule has 2 aliphatic rings. The number of likely N-dealkylation sites (N-methyl/N-ethyl adjacent to an activating group) is 1. The molecule has 2 bridgehead atoms. The molecular weight excluding hydrogens is 268 g/mol. The van der Waals surface area contributed by atoms with Crippen LogP contribution in [-0.2, 0) is 9.59 Å². The highest BCUT2D eigenvalue weighted by Gasteiger charge is 2.51. The molecule has 1 saturated carbocycles. The molecule has 2 rings (SSSR count). The van der Waals surface area contributed by atoms with Crippen LogP contribution < -0.4 is 5.32 Å². The van der Waals surface area contributed by atoms with E-state index >= 15 is 0 Å². The molecule has 0 aliphatic heterocycles. The van der Waals surface area contributed by atoms with Gasteiger partial charge in [0.15, 0.2) is 0 Å². The predicted molar refractivity (Wildman–Crippen MR) is 80.7 cm³/mol. The molecule has 5 heteroatoms. The van der Waals surface area contributed by atoms with Crippen LogP contribution in [0.2, 0.25) is 0 Å². The number of carboxylic acids is 1. The molecule has 2 N–H and O–H groups in total. The quantitative estimate of drug-likeness (QED) is 0.696. The maximum atomic E-state index is 12.3. The van der Waals surface area contributed by atoms with Crippen molar-refractivity contribution in [3.05, 3.63) is 12.2 Å². The number of nitrogens with zero attached hydrogens (tertiary/aromatic N) is 1. The van der Waals surface area contributed by atoms with Crippen LogP contribution in [0.15, 0.2) is 12.2 Å². The second kappa shape index (κ2) is 6.60. The van der Waals surface area contributed by atoms with Crippen LogP contribution in [0, 0.1) is 23.7 Å². The van der Waals surface area contributed by atoms with Crippen molar-refractivity contribution in [1.29, 1.82) is 0 Å². The van der Waals surface area contributed by atoms with E-state index in [-0.39, 0.29) is 17.7 Å². The van der Waals surface area contributed by atoms with Crippen LogP contribution in [-0.4, -0.2) is 48.1 Å². The van der Waals surface area contributed by atoms with Crippen LogP contribution in [0.3, 0.4) is 0 Å². The van der Waals surface area contributed by atoms with Gasteiger partial charge in [-0.25, -0.2) is 0 Å². The summed E-state index contributed by atoms with van der Waals surface area (Å²) in [5, 5.41) is 12.3. The van der Waals surface area contributed by atoms with Gasteiger partial charge in [-0.1, -0.05) is 19.1 Å². The summed E-state index contributed by atoms with van der Waals surface area (Å²) in [6, 6.07) is 0.485. The van der Waals surface area contributed by atoms with E-state index in [0.29, 0.717) is 12.6 Å². The van der Waals surface area contributed by atoms with E-state index in [1.54, 1.807) is 0 Å². The normalized spacial score (nSPS) is 31.6. The largest absolute Gasteiger partial charge is 0.481 e. The van der Waals surface area contributed by atoms with Crippen molar-refractivity contribution in [2.45, 2.75) is 32.7 Å². The summed E-state index contributed by atoms with van der Waals surface area (Å²) < 4.78 is 0. The van der Waals surface area contributed by atoms with Crippen LogP contribution in [0.4, 0.5) is 0 Å². The van der Waals surface area contributed by atoms with Crippen LogP contribution in [0.5, 0.6) is 0 Å². The minimum absolute atomic E-state index is 0.0334. The summed E-state index contributed by atoms with van der Waals surface area (Å²) in [4.78, 5) is 25.9. The number of amides is 1. The predicted octanol–water partition coefficient (Wildman–Crippen LogP) is 1.36. The molecule has 21 heavy (non-hydrogen) atoms. The number of carbonyl (C=O) groups excluding carboxylic acids is 1. The first kappa shape index (κ1) is 16.0. The number of fused-ring (bicyclic) bond motifs is 2. The van der Waals surface area contributed by atoms with Crippen LogP contribution in [0.1, 0.15) is 26.7 Å². The summed E-state index contributed by atoms with van der Waals surface area (Å²) in [5.41, 5.74) is 0. The van der Waals surface area contributed by atoms with Gasteiger partial charge in [-0.3, -0.25) is 9.59 Å². The molecule has 0 heterocycles. The van der Waals surface area contributed by atoms with Gasteiger partial charge in [0.1, 0.15) is 0 Å². The van der Waals surface area contributed by atoms with Crippen molar-refractivity contribution in [1.82, 2.24) is 10.2 Å². The lowest BCUT2D eigenvalue weighted by molar-refractivity contribution is -0.147. The highest BCUT2D eigenvalue weighted by molar-refractivity contribution is 5.86. The Balaban J connectivity index is 1.86. The number of nitrogens with one attached hydrogen (secondary N) is 1. The number of allylic oxidation sites excluding steroid dienone is 2. The van der Waals surface area contributed by atoms with Crippen molar-refractivity contribution in [3.8, 4) is 0 Å². The number of hydrogen-bond acceptors (Lipinski definition) is 3. The Morgan fingerprint density at radius 1 is 1.33 bits per heavy atom. The molecule has 0 aromatic carbocycles. The molecular formula is C16H26N2O3. The van der Waals surface area contributed by atoms with Gasteiger partial charge in [0, 0.05) is 19.1 Å². The van der Waals surface area contributed by atoms with Crippen molar-refractivity contribution < 1.29 is 14.7 Å². The first-order valence-corrected chi connectivity index (χ1v) is 7.84. The van der Waals surface area contributed by atoms with Gasteiger partial charge < -0.3 is 15.3 Å². The Labute approximate surface area is 126 Å². The Kier molecular flexibility index (Phi) is 5.04. The lowest BCUT2D eigenvalue weighted by Gasteiger charge is -2.26. The van der Waals surface area contributed by atoms with E-state index in [0.717, 1.165) is 19.4 Å². The SMILES string of the molecule is CCC(C)N(C)CCNC(=O)C1C2C=CC(C2)C1C(=O)O. The third kappa shape index (κ3) is 3.28. The fourth-order valence-corrected chi connectivity index (χ4v) is 3.52. The number of hydrogen-bond donors (Lipinski definition) is 2. The first-order valence-electron chi connectivity index (χ1n) is 7.84. The van der Waals surface area contributed by atoms with Gasteiger partial charge in [0.05, 0.1) is 11.8 Å². The van der Waals surface area contributed by atoms with Crippen molar-refractivity contribution in [2.24, 2.45) is 23.7 Å². The van der Waals surface area contributed by atoms with Gasteiger partial charge in [0.25, 0.3) is 0 Å². The second-order valence-electron chi connectivity index (χ2n) is 6.37. The minimum Gasteiger partial charge on any atom is -0.481 e. The summed E-state index contributed by atoms with van der Waals surface area (Å²) >= 11 is 0. The molecule has 0 radical (unpaired) electrons. The molecule has 118 valence electrons. The summed E-state index contributed by atoms with van der Waals surface area (Å²) in [5.74, 6) is -1.76. The van der Waals surface area contributed by atoms with Crippen molar-refractivity contribution in [3.63, 3.8) is 0 Å². The Hall–Kier alpha value is -1.36. The molecule has 0 spiro atoms. The summed E-state index contributed by atoms with van der Waals surface area (Å²) in [6.45, 7) is 5.65. The third-order valence-corrected chi connectivity index (χ3v) is 5.15. The lowest BCUT2D eigenvalue weighted by atomic mass is 9.82. The molecule has 0 aromatic heterocycles. The fourth-order valence-electron chi connectivity index (χ4n) is 3.52. The zero-order chi connectivity index (χ0) is 15.6. The Bertz CT molecular complexity index is 435. The topological polar surface area (TPSA) is 69.6 Å². The monoisotopic (exact) mass is 294 g/mol. The Morgan fingerprint density at radius 2 is 1.95 bits per heavy atom. The number of carbonyl (C=O) groups is 2. The van der Waals surface area contributed by atoms with Crippen molar-refractivity contribution >= 4 is 11.9 Å². The first-order chi connectivity index (χ1) is 9.95. The second-order valence-corrected chi connectivity index (χ2v) is 6.37. The van der Waals surface area contributed by atoms with E-state index in [9.17, 15) is 14.7 Å². The minimum atomic E-state index is -0.844. The summed E-state index contributed by atoms with van der Waals surface area (Å²) in [6.07, 6.45) is 5.86.